The van der Waals surface area contributed by atoms with Crippen molar-refractivity contribution in [2.24, 2.45) is 5.92 Å². The Hall–Kier alpha value is -1.93. The highest BCUT2D eigenvalue weighted by molar-refractivity contribution is 7.89. The number of benzene rings is 1. The van der Waals surface area contributed by atoms with Gasteiger partial charge in [-0.25, -0.2) is 17.5 Å². The summed E-state index contributed by atoms with van der Waals surface area (Å²) in [7, 11) is -3.35. The van der Waals surface area contributed by atoms with E-state index >= 15 is 0 Å². The van der Waals surface area contributed by atoms with Crippen LogP contribution in [-0.2, 0) is 19.6 Å². The van der Waals surface area contributed by atoms with Crippen LogP contribution >= 0.6 is 0 Å². The van der Waals surface area contributed by atoms with Crippen molar-refractivity contribution < 1.29 is 23.1 Å². The second-order valence-corrected chi connectivity index (χ2v) is 8.05. The van der Waals surface area contributed by atoms with Crippen LogP contribution in [0.25, 0.3) is 0 Å². The molecule has 132 valence electrons. The number of hydrogen-bond donors (Lipinski definition) is 2. The Bertz CT molecular complexity index is 690. The minimum atomic E-state index is -3.35. The lowest BCUT2D eigenvalue weighted by atomic mass is 9.97. The molecule has 1 aromatic rings. The van der Waals surface area contributed by atoms with Crippen LogP contribution in [0, 0.1) is 5.92 Å². The zero-order chi connectivity index (χ0) is 17.7. The van der Waals surface area contributed by atoms with Crippen LogP contribution in [-0.4, -0.2) is 48.5 Å². The largest absolute Gasteiger partial charge is 0.479 e. The van der Waals surface area contributed by atoms with Crippen molar-refractivity contribution in [2.75, 3.05) is 18.8 Å². The monoisotopic (exact) mass is 354 g/mol. The first-order valence-electron chi connectivity index (χ1n) is 7.91. The topological polar surface area (TPSA) is 104 Å². The Morgan fingerprint density at radius 1 is 1.33 bits per heavy atom. The molecule has 7 nitrogen and oxygen atoms in total. The third-order valence-corrected chi connectivity index (χ3v) is 6.03. The second kappa shape index (κ2) is 7.76. The van der Waals surface area contributed by atoms with E-state index in [1.54, 1.807) is 37.3 Å². The first-order chi connectivity index (χ1) is 11.3. The lowest BCUT2D eigenvalue weighted by Gasteiger charge is -2.31. The van der Waals surface area contributed by atoms with Gasteiger partial charge >= 0.3 is 5.97 Å². The predicted octanol–water partition coefficient (Wildman–Crippen LogP) is 0.990. The molecule has 0 aliphatic carbocycles. The van der Waals surface area contributed by atoms with Gasteiger partial charge in [0.15, 0.2) is 6.04 Å². The highest BCUT2D eigenvalue weighted by atomic mass is 32.2. The van der Waals surface area contributed by atoms with E-state index in [2.05, 4.69) is 5.32 Å². The van der Waals surface area contributed by atoms with Gasteiger partial charge in [0.1, 0.15) is 0 Å². The van der Waals surface area contributed by atoms with Crippen molar-refractivity contribution in [1.29, 1.82) is 0 Å². The van der Waals surface area contributed by atoms with E-state index in [1.165, 1.54) is 4.31 Å². The number of amides is 1. The maximum atomic E-state index is 12.5. The fourth-order valence-corrected chi connectivity index (χ4v) is 3.96. The second-order valence-electron chi connectivity index (χ2n) is 5.79. The van der Waals surface area contributed by atoms with Gasteiger partial charge in [0, 0.05) is 13.1 Å². The summed E-state index contributed by atoms with van der Waals surface area (Å²) in [5.74, 6) is -2.13. The number of carbonyl (C=O) groups excluding carboxylic acids is 1. The number of aliphatic carboxylic acids is 1. The van der Waals surface area contributed by atoms with Crippen molar-refractivity contribution in [3.63, 3.8) is 0 Å². The van der Waals surface area contributed by atoms with E-state index in [9.17, 15) is 23.1 Å². The lowest BCUT2D eigenvalue weighted by Crippen LogP contribution is -2.47. The van der Waals surface area contributed by atoms with Gasteiger partial charge < -0.3 is 10.4 Å². The number of sulfonamides is 1. The Balaban J connectivity index is 2.09. The molecule has 0 bridgehead atoms. The number of piperidine rings is 1. The Morgan fingerprint density at radius 3 is 2.58 bits per heavy atom. The minimum Gasteiger partial charge on any atom is -0.479 e. The van der Waals surface area contributed by atoms with E-state index in [0.717, 1.165) is 0 Å². The number of hydrogen-bond acceptors (Lipinski definition) is 4. The molecule has 1 saturated heterocycles. The summed E-state index contributed by atoms with van der Waals surface area (Å²) in [6.07, 6.45) is 1.13. The predicted molar refractivity (Wildman–Crippen MR) is 88.7 cm³/mol. The van der Waals surface area contributed by atoms with Crippen LogP contribution in [0.5, 0.6) is 0 Å². The number of nitrogens with one attached hydrogen (secondary N) is 1. The Morgan fingerprint density at radius 2 is 2.00 bits per heavy atom. The molecule has 1 heterocycles. The smallest absolute Gasteiger partial charge is 0.330 e. The van der Waals surface area contributed by atoms with Crippen LogP contribution in [0.1, 0.15) is 31.4 Å². The highest BCUT2D eigenvalue weighted by Crippen LogP contribution is 2.21. The average Bonchev–Trinajstić information content (AvgIpc) is 2.60. The summed E-state index contributed by atoms with van der Waals surface area (Å²) in [6.45, 7) is 2.07. The number of carboxylic acids is 1. The molecule has 2 N–H and O–H groups in total. The third kappa shape index (κ3) is 4.33. The lowest BCUT2D eigenvalue weighted by molar-refractivity contribution is -0.143. The van der Waals surface area contributed by atoms with Gasteiger partial charge in [-0.3, -0.25) is 4.79 Å². The number of rotatable bonds is 6. The summed E-state index contributed by atoms with van der Waals surface area (Å²) in [4.78, 5) is 23.9. The molecule has 0 radical (unpaired) electrons. The molecule has 2 unspecified atom stereocenters. The molecule has 1 aromatic carbocycles. The molecule has 1 fully saturated rings. The van der Waals surface area contributed by atoms with Crippen molar-refractivity contribution in [1.82, 2.24) is 9.62 Å². The molecule has 2 rings (SSSR count). The van der Waals surface area contributed by atoms with E-state index in [0.29, 0.717) is 24.9 Å². The first kappa shape index (κ1) is 18.4. The van der Waals surface area contributed by atoms with Gasteiger partial charge in [-0.05, 0) is 25.3 Å². The minimum absolute atomic E-state index is 0.0108. The van der Waals surface area contributed by atoms with Crippen molar-refractivity contribution in [3.05, 3.63) is 35.9 Å². The average molecular weight is 354 g/mol. The normalized spacial score (nSPS) is 20.3. The molecule has 1 aliphatic rings. The molecule has 1 aliphatic heterocycles. The number of nitrogens with zero attached hydrogens (tertiary/aromatic N) is 1. The van der Waals surface area contributed by atoms with Crippen molar-refractivity contribution in [2.45, 2.75) is 25.8 Å². The molecule has 0 spiro atoms. The van der Waals surface area contributed by atoms with Gasteiger partial charge in [0.05, 0.1) is 11.7 Å². The SMILES string of the molecule is CCS(=O)(=O)N1CCCC(C(=O)NC(C(=O)O)c2ccccc2)C1. The van der Waals surface area contributed by atoms with Gasteiger partial charge in [-0.1, -0.05) is 30.3 Å². The third-order valence-electron chi connectivity index (χ3n) is 4.18. The van der Waals surface area contributed by atoms with Crippen LogP contribution in [0.2, 0.25) is 0 Å². The van der Waals surface area contributed by atoms with Crippen molar-refractivity contribution in [3.8, 4) is 0 Å². The van der Waals surface area contributed by atoms with Gasteiger partial charge in [-0.15, -0.1) is 0 Å². The fraction of sp³-hybridized carbons (Fsp3) is 0.500. The Labute approximate surface area is 141 Å². The summed E-state index contributed by atoms with van der Waals surface area (Å²) in [6, 6.07) is 7.29. The molecule has 8 heteroatoms. The van der Waals surface area contributed by atoms with E-state index in [4.69, 9.17) is 0 Å². The molecule has 2 atom stereocenters. The van der Waals surface area contributed by atoms with Crippen molar-refractivity contribution >= 4 is 21.9 Å². The van der Waals surface area contributed by atoms with E-state index in [-0.39, 0.29) is 12.3 Å². The van der Waals surface area contributed by atoms with Crippen LogP contribution in [0.3, 0.4) is 0 Å². The van der Waals surface area contributed by atoms with Gasteiger partial charge in [-0.2, -0.15) is 0 Å². The van der Waals surface area contributed by atoms with E-state index < -0.39 is 33.9 Å². The molecular weight excluding hydrogens is 332 g/mol. The molecule has 0 saturated carbocycles. The molecule has 1 amide bonds. The number of carbonyl (C=O) groups is 2. The van der Waals surface area contributed by atoms with E-state index in [1.807, 2.05) is 0 Å². The quantitative estimate of drug-likeness (QED) is 0.793. The molecular formula is C16H22N2O5S. The van der Waals surface area contributed by atoms with Crippen LogP contribution in [0.15, 0.2) is 30.3 Å². The Kier molecular flexibility index (Phi) is 5.95. The summed E-state index contributed by atoms with van der Waals surface area (Å²) >= 11 is 0. The first-order valence-corrected chi connectivity index (χ1v) is 9.52. The fourth-order valence-electron chi connectivity index (χ4n) is 2.78. The standard InChI is InChI=1S/C16H22N2O5S/c1-2-24(22,23)18-10-6-9-13(11-18)15(19)17-14(16(20)21)12-7-4-3-5-8-12/h3-5,7-8,13-14H,2,6,9-11H2,1H3,(H,17,19)(H,20,21). The van der Waals surface area contributed by atoms with Crippen LogP contribution in [0.4, 0.5) is 0 Å². The van der Waals surface area contributed by atoms with Gasteiger partial charge in [0.25, 0.3) is 0 Å². The number of carboxylic acid groups (broad SMARTS) is 1. The highest BCUT2D eigenvalue weighted by Gasteiger charge is 2.33. The summed E-state index contributed by atoms with van der Waals surface area (Å²) in [5.41, 5.74) is 0.479. The van der Waals surface area contributed by atoms with Crippen LogP contribution < -0.4 is 5.32 Å². The maximum Gasteiger partial charge on any atom is 0.330 e. The zero-order valence-electron chi connectivity index (χ0n) is 13.5. The van der Waals surface area contributed by atoms with Gasteiger partial charge in [0.2, 0.25) is 15.9 Å². The summed E-state index contributed by atoms with van der Waals surface area (Å²) < 4.78 is 25.3. The zero-order valence-corrected chi connectivity index (χ0v) is 14.3. The molecule has 24 heavy (non-hydrogen) atoms. The molecule has 0 aromatic heterocycles. The summed E-state index contributed by atoms with van der Waals surface area (Å²) in [5, 5.41) is 11.9. The maximum absolute atomic E-state index is 12.5.